The van der Waals surface area contributed by atoms with Gasteiger partial charge in [-0.2, -0.15) is 0 Å². The molecule has 0 N–H and O–H groups in total. The first-order chi connectivity index (χ1) is 9.81. The molecule has 0 aromatic carbocycles. The Morgan fingerprint density at radius 3 is 1.14 bits per heavy atom. The van der Waals surface area contributed by atoms with Gasteiger partial charge in [-0.1, -0.05) is 26.8 Å². The number of aromatic nitrogens is 1. The van der Waals surface area contributed by atoms with Crippen LogP contribution in [0.3, 0.4) is 0 Å². The predicted octanol–water partition coefficient (Wildman–Crippen LogP) is 1.42. The molecule has 8 heteroatoms. The van der Waals surface area contributed by atoms with Crippen LogP contribution in [0.2, 0.25) is 0 Å². The molecule has 0 saturated heterocycles. The first-order valence-corrected chi connectivity index (χ1v) is 9.37. The topological polar surface area (TPSA) is 84.4 Å². The Bertz CT molecular complexity index is 377. The first-order valence-electron chi connectivity index (χ1n) is 6.40. The third-order valence-corrected chi connectivity index (χ3v) is 1.91. The van der Waals surface area contributed by atoms with Crippen LogP contribution >= 0.6 is 0 Å². The van der Waals surface area contributed by atoms with Gasteiger partial charge in [0.2, 0.25) is 0 Å². The Morgan fingerprint density at radius 1 is 0.810 bits per heavy atom. The number of hydrogen-bond acceptors (Lipinski definition) is 6. The summed E-state index contributed by atoms with van der Waals surface area (Å²) < 4.78 is 34.9. The SMILES string of the molecule is CCN(CC)CC.CS(C)=O.O=S(=O)=O.c1ccncc1. The molecule has 0 saturated carbocycles. The van der Waals surface area contributed by atoms with E-state index >= 15 is 0 Å². The first kappa shape index (κ1) is 24.9. The lowest BCUT2D eigenvalue weighted by Crippen LogP contribution is -2.21. The van der Waals surface area contributed by atoms with E-state index in [1.165, 1.54) is 19.6 Å². The molecule has 1 aromatic rings. The molecule has 1 rings (SSSR count). The molecule has 124 valence electrons. The lowest BCUT2D eigenvalue weighted by Gasteiger charge is -2.13. The zero-order valence-corrected chi connectivity index (χ0v) is 15.0. The summed E-state index contributed by atoms with van der Waals surface area (Å²) in [5, 5.41) is 0. The lowest BCUT2D eigenvalue weighted by atomic mass is 10.5. The minimum absolute atomic E-state index is 0.611. The predicted molar refractivity (Wildman–Crippen MR) is 87.4 cm³/mol. The summed E-state index contributed by atoms with van der Waals surface area (Å²) in [6.07, 6.45) is 6.78. The maximum atomic E-state index is 9.56. The number of pyridine rings is 1. The summed E-state index contributed by atoms with van der Waals surface area (Å²) in [6.45, 7) is 10.1. The fraction of sp³-hybridized carbons (Fsp3) is 0.615. The van der Waals surface area contributed by atoms with Crippen LogP contribution in [0, 0.1) is 0 Å². The third-order valence-electron chi connectivity index (χ3n) is 1.91. The fourth-order valence-corrected chi connectivity index (χ4v) is 0.983. The van der Waals surface area contributed by atoms with Gasteiger partial charge in [0.05, 0.1) is 0 Å². The monoisotopic (exact) mass is 338 g/mol. The molecule has 1 aromatic heterocycles. The summed E-state index contributed by atoms with van der Waals surface area (Å²) in [4.78, 5) is 6.16. The maximum Gasteiger partial charge on any atom is 0.425 e. The van der Waals surface area contributed by atoms with Crippen molar-refractivity contribution >= 4 is 21.4 Å². The van der Waals surface area contributed by atoms with Crippen LogP contribution in [-0.2, 0) is 21.4 Å². The molecule has 0 amide bonds. The van der Waals surface area contributed by atoms with Gasteiger partial charge in [0, 0.05) is 35.7 Å². The van der Waals surface area contributed by atoms with Gasteiger partial charge in [0.1, 0.15) is 0 Å². The Morgan fingerprint density at radius 2 is 1.10 bits per heavy atom. The second kappa shape index (κ2) is 21.2. The zero-order chi connectivity index (χ0) is 17.1. The van der Waals surface area contributed by atoms with E-state index in [9.17, 15) is 4.21 Å². The van der Waals surface area contributed by atoms with Crippen molar-refractivity contribution in [2.75, 3.05) is 32.1 Å². The van der Waals surface area contributed by atoms with Gasteiger partial charge in [-0.05, 0) is 31.8 Å². The molecular formula is C13H26N2O4S2. The summed E-state index contributed by atoms with van der Waals surface area (Å²) in [7, 11) is -3.72. The van der Waals surface area contributed by atoms with E-state index in [2.05, 4.69) is 30.7 Å². The Hall–Kier alpha value is -1.12. The van der Waals surface area contributed by atoms with Crippen LogP contribution < -0.4 is 0 Å². The molecular weight excluding hydrogens is 312 g/mol. The standard InChI is InChI=1S/C6H15N.C5H5N.C2H6OS.O3S/c1-4-7(5-2)6-3;1-2-4-6-5-3-1;2*1-4(2)3/h4-6H2,1-3H3;1-5H;1-2H3;. The highest BCUT2D eigenvalue weighted by Gasteiger charge is 1.89. The second-order valence-corrected chi connectivity index (χ2v) is 5.48. The fourth-order valence-electron chi connectivity index (χ4n) is 0.983. The lowest BCUT2D eigenvalue weighted by molar-refractivity contribution is 0.321. The number of rotatable bonds is 3. The minimum atomic E-state index is -3.11. The Kier molecular flexibility index (Phi) is 25.1. The van der Waals surface area contributed by atoms with Gasteiger partial charge < -0.3 is 4.90 Å². The average molecular weight is 338 g/mol. The molecule has 0 aliphatic rings. The van der Waals surface area contributed by atoms with Crippen molar-refractivity contribution in [3.63, 3.8) is 0 Å². The van der Waals surface area contributed by atoms with Crippen LogP contribution in [0.25, 0.3) is 0 Å². The minimum Gasteiger partial charge on any atom is -0.304 e. The molecule has 21 heavy (non-hydrogen) atoms. The van der Waals surface area contributed by atoms with Crippen molar-refractivity contribution in [2.45, 2.75) is 20.8 Å². The second-order valence-electron chi connectivity index (χ2n) is 3.59. The summed E-state index contributed by atoms with van der Waals surface area (Å²) in [6, 6.07) is 5.72. The molecule has 0 atom stereocenters. The van der Waals surface area contributed by atoms with Crippen molar-refractivity contribution < 1.29 is 16.8 Å². The maximum absolute atomic E-state index is 9.56. The van der Waals surface area contributed by atoms with E-state index in [1.807, 2.05) is 18.2 Å². The van der Waals surface area contributed by atoms with Crippen LogP contribution in [0.4, 0.5) is 0 Å². The third kappa shape index (κ3) is 45.4. The molecule has 1 heterocycles. The highest BCUT2D eigenvalue weighted by atomic mass is 32.2. The molecule has 6 nitrogen and oxygen atoms in total. The van der Waals surface area contributed by atoms with Crippen LogP contribution in [-0.4, -0.2) is 58.9 Å². The highest BCUT2D eigenvalue weighted by molar-refractivity contribution is 7.83. The van der Waals surface area contributed by atoms with E-state index in [-0.39, 0.29) is 0 Å². The molecule has 0 bridgehead atoms. The van der Waals surface area contributed by atoms with Crippen LogP contribution in [0.1, 0.15) is 20.8 Å². The molecule has 0 aliphatic heterocycles. The van der Waals surface area contributed by atoms with E-state index < -0.39 is 21.4 Å². The summed E-state index contributed by atoms with van der Waals surface area (Å²) in [5.74, 6) is 0. The largest absolute Gasteiger partial charge is 0.425 e. The molecule has 0 fully saturated rings. The average Bonchev–Trinajstić information content (AvgIpc) is 2.42. The quantitative estimate of drug-likeness (QED) is 0.829. The highest BCUT2D eigenvalue weighted by Crippen LogP contribution is 1.81. The smallest absolute Gasteiger partial charge is 0.304 e. The van der Waals surface area contributed by atoms with Gasteiger partial charge >= 0.3 is 10.6 Å². The molecule has 0 unspecified atom stereocenters. The molecule has 0 radical (unpaired) electrons. The van der Waals surface area contributed by atoms with E-state index in [0.717, 1.165) is 0 Å². The summed E-state index contributed by atoms with van der Waals surface area (Å²) >= 11 is 0. The van der Waals surface area contributed by atoms with Crippen molar-refractivity contribution in [3.05, 3.63) is 30.6 Å². The number of hydrogen-bond donors (Lipinski definition) is 0. The molecule has 0 aliphatic carbocycles. The van der Waals surface area contributed by atoms with Crippen LogP contribution in [0.5, 0.6) is 0 Å². The van der Waals surface area contributed by atoms with Crippen molar-refractivity contribution in [2.24, 2.45) is 0 Å². The van der Waals surface area contributed by atoms with Gasteiger partial charge in [0.25, 0.3) is 0 Å². The van der Waals surface area contributed by atoms with E-state index in [1.54, 1.807) is 24.9 Å². The number of nitrogens with zero attached hydrogens (tertiary/aromatic N) is 2. The van der Waals surface area contributed by atoms with Gasteiger partial charge in [-0.25, -0.2) is 0 Å². The van der Waals surface area contributed by atoms with E-state index in [4.69, 9.17) is 12.6 Å². The van der Waals surface area contributed by atoms with Crippen molar-refractivity contribution in [1.29, 1.82) is 0 Å². The zero-order valence-electron chi connectivity index (χ0n) is 13.4. The Balaban J connectivity index is -0.000000213. The normalized spacial score (nSPS) is 8.52. The van der Waals surface area contributed by atoms with Gasteiger partial charge in [0.15, 0.2) is 0 Å². The van der Waals surface area contributed by atoms with Gasteiger partial charge in [-0.15, -0.1) is 12.6 Å². The van der Waals surface area contributed by atoms with E-state index in [0.29, 0.717) is 0 Å². The van der Waals surface area contributed by atoms with Gasteiger partial charge in [-0.3, -0.25) is 9.19 Å². The van der Waals surface area contributed by atoms with Crippen molar-refractivity contribution in [3.8, 4) is 0 Å². The van der Waals surface area contributed by atoms with Crippen LogP contribution in [0.15, 0.2) is 30.6 Å². The van der Waals surface area contributed by atoms with Crippen molar-refractivity contribution in [1.82, 2.24) is 9.88 Å². The molecule has 0 spiro atoms. The Labute approximate surface area is 132 Å². The summed E-state index contributed by atoms with van der Waals surface area (Å²) in [5.41, 5.74) is 0.